The summed E-state index contributed by atoms with van der Waals surface area (Å²) in [5.74, 6) is -1.49. The molecule has 0 spiro atoms. The predicted molar refractivity (Wildman–Crippen MR) is 88.2 cm³/mol. The molecular formula is C15H17Cl2N3O3. The summed E-state index contributed by atoms with van der Waals surface area (Å²) in [7, 11) is 1.58. The van der Waals surface area contributed by atoms with Crippen LogP contribution in [0.5, 0.6) is 0 Å². The quantitative estimate of drug-likeness (QED) is 0.837. The van der Waals surface area contributed by atoms with Gasteiger partial charge in [-0.1, -0.05) is 29.3 Å². The highest BCUT2D eigenvalue weighted by molar-refractivity contribution is 6.42. The minimum absolute atomic E-state index is 0.0619. The first-order chi connectivity index (χ1) is 10.8. The number of halogens is 2. The minimum Gasteiger partial charge on any atom is -0.503 e. The van der Waals surface area contributed by atoms with Gasteiger partial charge in [0.15, 0.2) is 5.76 Å². The van der Waals surface area contributed by atoms with Crippen molar-refractivity contribution in [2.24, 2.45) is 5.73 Å². The van der Waals surface area contributed by atoms with Crippen molar-refractivity contribution in [2.75, 3.05) is 26.7 Å². The fourth-order valence-corrected chi connectivity index (χ4v) is 2.66. The maximum atomic E-state index is 12.4. The SMILES string of the molecule is CN(Cc1ccc(Cl)c(Cl)c1)C(=O)C1=C(O)C(=O)N(CCN)C1. The molecule has 0 saturated carbocycles. The topological polar surface area (TPSA) is 86.9 Å². The second-order valence-electron chi connectivity index (χ2n) is 5.25. The lowest BCUT2D eigenvalue weighted by Gasteiger charge is -2.19. The Balaban J connectivity index is 2.10. The van der Waals surface area contributed by atoms with E-state index in [1.54, 1.807) is 25.2 Å². The first kappa shape index (κ1) is 17.6. The minimum atomic E-state index is -0.568. The van der Waals surface area contributed by atoms with Gasteiger partial charge in [0.25, 0.3) is 11.8 Å². The smallest absolute Gasteiger partial charge is 0.289 e. The summed E-state index contributed by atoms with van der Waals surface area (Å²) in [6.07, 6.45) is 0. The lowest BCUT2D eigenvalue weighted by atomic mass is 10.2. The summed E-state index contributed by atoms with van der Waals surface area (Å²) in [6, 6.07) is 5.07. The van der Waals surface area contributed by atoms with E-state index in [-0.39, 0.29) is 31.8 Å². The van der Waals surface area contributed by atoms with Crippen molar-refractivity contribution in [2.45, 2.75) is 6.54 Å². The van der Waals surface area contributed by atoms with E-state index in [2.05, 4.69) is 0 Å². The summed E-state index contributed by atoms with van der Waals surface area (Å²) in [4.78, 5) is 27.0. The number of likely N-dealkylation sites (N-methyl/N-ethyl adjacent to an activating group) is 1. The number of hydrogen-bond donors (Lipinski definition) is 2. The van der Waals surface area contributed by atoms with Crippen LogP contribution < -0.4 is 5.73 Å². The number of nitrogens with zero attached hydrogens (tertiary/aromatic N) is 2. The van der Waals surface area contributed by atoms with Gasteiger partial charge >= 0.3 is 0 Å². The van der Waals surface area contributed by atoms with Crippen LogP contribution in [-0.4, -0.2) is 53.4 Å². The van der Waals surface area contributed by atoms with E-state index in [0.29, 0.717) is 10.0 Å². The lowest BCUT2D eigenvalue weighted by Crippen LogP contribution is -2.34. The van der Waals surface area contributed by atoms with Gasteiger partial charge in [0.2, 0.25) is 0 Å². The summed E-state index contributed by atoms with van der Waals surface area (Å²) >= 11 is 11.8. The standard InChI is InChI=1S/C15H17Cl2N3O3/c1-19(7-9-2-3-11(16)12(17)6-9)14(22)10-8-20(5-4-18)15(23)13(10)21/h2-3,6,21H,4-5,7-8,18H2,1H3. The van der Waals surface area contributed by atoms with Gasteiger partial charge in [-0.3, -0.25) is 9.59 Å². The number of aliphatic hydroxyl groups is 1. The molecule has 2 rings (SSSR count). The number of aliphatic hydroxyl groups excluding tert-OH is 1. The molecule has 124 valence electrons. The van der Waals surface area contributed by atoms with Crippen LogP contribution >= 0.6 is 23.2 Å². The maximum Gasteiger partial charge on any atom is 0.289 e. The van der Waals surface area contributed by atoms with Crippen LogP contribution in [0.1, 0.15) is 5.56 Å². The van der Waals surface area contributed by atoms with Gasteiger partial charge in [0.05, 0.1) is 22.2 Å². The number of carbonyl (C=O) groups excluding carboxylic acids is 2. The number of amides is 2. The van der Waals surface area contributed by atoms with E-state index < -0.39 is 17.6 Å². The molecule has 0 aromatic heterocycles. The van der Waals surface area contributed by atoms with Crippen molar-refractivity contribution in [1.29, 1.82) is 0 Å². The van der Waals surface area contributed by atoms with Gasteiger partial charge in [-0.2, -0.15) is 0 Å². The van der Waals surface area contributed by atoms with Crippen LogP contribution in [0.4, 0.5) is 0 Å². The summed E-state index contributed by atoms with van der Waals surface area (Å²) in [6.45, 7) is 0.889. The van der Waals surface area contributed by atoms with Gasteiger partial charge in [0, 0.05) is 26.7 Å². The Kier molecular flexibility index (Phi) is 5.51. The van der Waals surface area contributed by atoms with E-state index in [1.807, 2.05) is 0 Å². The molecule has 0 radical (unpaired) electrons. The van der Waals surface area contributed by atoms with Gasteiger partial charge in [-0.15, -0.1) is 0 Å². The first-order valence-electron chi connectivity index (χ1n) is 6.96. The van der Waals surface area contributed by atoms with Crippen molar-refractivity contribution in [3.05, 3.63) is 45.1 Å². The molecule has 0 atom stereocenters. The fourth-order valence-electron chi connectivity index (χ4n) is 2.34. The van der Waals surface area contributed by atoms with Crippen LogP contribution in [0.15, 0.2) is 29.5 Å². The molecular weight excluding hydrogens is 341 g/mol. The van der Waals surface area contributed by atoms with Crippen LogP contribution in [0, 0.1) is 0 Å². The lowest BCUT2D eigenvalue weighted by molar-refractivity contribution is -0.128. The third-order valence-corrected chi connectivity index (χ3v) is 4.27. The van der Waals surface area contributed by atoms with Crippen molar-refractivity contribution >= 4 is 35.0 Å². The molecule has 23 heavy (non-hydrogen) atoms. The van der Waals surface area contributed by atoms with E-state index >= 15 is 0 Å². The van der Waals surface area contributed by atoms with E-state index in [0.717, 1.165) is 5.56 Å². The molecule has 1 aliphatic rings. The molecule has 1 aromatic carbocycles. The zero-order valence-corrected chi connectivity index (χ0v) is 14.1. The highest BCUT2D eigenvalue weighted by atomic mass is 35.5. The Morgan fingerprint density at radius 2 is 2.09 bits per heavy atom. The molecule has 0 aliphatic carbocycles. The molecule has 0 unspecified atom stereocenters. The van der Waals surface area contributed by atoms with Crippen LogP contribution in [0.2, 0.25) is 10.0 Å². The number of benzene rings is 1. The monoisotopic (exact) mass is 357 g/mol. The summed E-state index contributed by atoms with van der Waals surface area (Å²) in [5.41, 5.74) is 6.28. The molecule has 1 heterocycles. The van der Waals surface area contributed by atoms with Crippen LogP contribution in [0.25, 0.3) is 0 Å². The van der Waals surface area contributed by atoms with Crippen LogP contribution in [-0.2, 0) is 16.1 Å². The second-order valence-corrected chi connectivity index (χ2v) is 6.07. The molecule has 8 heteroatoms. The first-order valence-corrected chi connectivity index (χ1v) is 7.71. The van der Waals surface area contributed by atoms with Gasteiger partial charge in [0.1, 0.15) is 0 Å². The number of nitrogens with two attached hydrogens (primary N) is 1. The van der Waals surface area contributed by atoms with Crippen molar-refractivity contribution < 1.29 is 14.7 Å². The Hall–Kier alpha value is -1.76. The van der Waals surface area contributed by atoms with Crippen molar-refractivity contribution in [1.82, 2.24) is 9.80 Å². The highest BCUT2D eigenvalue weighted by Crippen LogP contribution is 2.24. The molecule has 3 N–H and O–H groups in total. The Morgan fingerprint density at radius 3 is 2.70 bits per heavy atom. The van der Waals surface area contributed by atoms with E-state index in [9.17, 15) is 14.7 Å². The molecule has 1 aromatic rings. The molecule has 2 amide bonds. The summed E-state index contributed by atoms with van der Waals surface area (Å²) < 4.78 is 0. The zero-order valence-electron chi connectivity index (χ0n) is 12.6. The molecule has 6 nitrogen and oxygen atoms in total. The molecule has 0 bridgehead atoms. The highest BCUT2D eigenvalue weighted by Gasteiger charge is 2.34. The third kappa shape index (κ3) is 3.77. The molecule has 1 aliphatic heterocycles. The Morgan fingerprint density at radius 1 is 1.39 bits per heavy atom. The van der Waals surface area contributed by atoms with Gasteiger partial charge in [-0.05, 0) is 17.7 Å². The van der Waals surface area contributed by atoms with Crippen molar-refractivity contribution in [3.63, 3.8) is 0 Å². The second kappa shape index (κ2) is 7.21. The number of rotatable bonds is 5. The largest absolute Gasteiger partial charge is 0.503 e. The zero-order chi connectivity index (χ0) is 17.1. The maximum absolute atomic E-state index is 12.4. The summed E-state index contributed by atoms with van der Waals surface area (Å²) in [5, 5.41) is 10.7. The molecule has 0 fully saturated rings. The average molecular weight is 358 g/mol. The average Bonchev–Trinajstić information content (AvgIpc) is 2.79. The third-order valence-electron chi connectivity index (χ3n) is 3.53. The predicted octanol–water partition coefficient (Wildman–Crippen LogP) is 1.56. The fraction of sp³-hybridized carbons (Fsp3) is 0.333. The van der Waals surface area contributed by atoms with E-state index in [4.69, 9.17) is 28.9 Å². The van der Waals surface area contributed by atoms with E-state index in [1.165, 1.54) is 9.80 Å². The Bertz CT molecular complexity index is 676. The molecule has 0 saturated heterocycles. The number of carbonyl (C=O) groups is 2. The normalized spacial score (nSPS) is 14.6. The number of hydrogen-bond acceptors (Lipinski definition) is 4. The van der Waals surface area contributed by atoms with Crippen molar-refractivity contribution in [3.8, 4) is 0 Å². The van der Waals surface area contributed by atoms with Gasteiger partial charge < -0.3 is 20.6 Å². The van der Waals surface area contributed by atoms with Crippen LogP contribution in [0.3, 0.4) is 0 Å². The van der Waals surface area contributed by atoms with Gasteiger partial charge in [-0.25, -0.2) is 0 Å². The Labute approximate surface area is 144 Å².